The second-order valence-corrected chi connectivity index (χ2v) is 9.52. The van der Waals surface area contributed by atoms with Crippen LogP contribution in [0.15, 0.2) is 52.1 Å². The first kappa shape index (κ1) is 25.7. The zero-order valence-corrected chi connectivity index (χ0v) is 20.9. The molecular weight excluding hydrogens is 480 g/mol. The average Bonchev–Trinajstić information content (AvgIpc) is 2.68. The van der Waals surface area contributed by atoms with Gasteiger partial charge in [-0.3, -0.25) is 0 Å². The fraction of sp³-hybridized carbons (Fsp3) is 0.348. The Balaban J connectivity index is 1.92. The van der Waals surface area contributed by atoms with Crippen molar-refractivity contribution in [1.29, 1.82) is 0 Å². The van der Waals surface area contributed by atoms with Gasteiger partial charge < -0.3 is 14.3 Å². The van der Waals surface area contributed by atoms with Gasteiger partial charge in [-0.2, -0.15) is 0 Å². The van der Waals surface area contributed by atoms with E-state index in [4.69, 9.17) is 60.7 Å². The Bertz CT molecular complexity index is 908. The molecule has 0 N–H and O–H groups in total. The van der Waals surface area contributed by atoms with Gasteiger partial charge in [-0.15, -0.1) is 0 Å². The molecule has 2 aromatic rings. The van der Waals surface area contributed by atoms with Gasteiger partial charge in [0.15, 0.2) is 5.75 Å². The van der Waals surface area contributed by atoms with Gasteiger partial charge >= 0.3 is 0 Å². The number of hydrogen-bond donors (Lipinski definition) is 0. The molecule has 0 aromatic heterocycles. The third-order valence-electron chi connectivity index (χ3n) is 3.92. The largest absolute Gasteiger partial charge is 0.490 e. The van der Waals surface area contributed by atoms with Gasteiger partial charge in [-0.05, 0) is 44.9 Å². The summed E-state index contributed by atoms with van der Waals surface area (Å²) in [7, 11) is 0. The number of nitrogens with zero attached hydrogens (tertiary/aromatic N) is 1. The van der Waals surface area contributed by atoms with Crippen LogP contribution in [0, 0.1) is 0 Å². The number of hydrogen-bond acceptors (Lipinski definition) is 4. The molecule has 0 saturated heterocycles. The average molecular weight is 505 g/mol. The van der Waals surface area contributed by atoms with Crippen molar-refractivity contribution in [3.05, 3.63) is 68.1 Å². The maximum atomic E-state index is 6.29. The zero-order chi connectivity index (χ0) is 23.0. The smallest absolute Gasteiger partial charge is 0.156 e. The molecule has 0 radical (unpaired) electrons. The quantitative estimate of drug-likeness (QED) is 0.258. The molecule has 0 atom stereocenters. The summed E-state index contributed by atoms with van der Waals surface area (Å²) in [4.78, 5) is 5.47. The molecule has 0 bridgehead atoms. The standard InChI is InChI=1S/C23H25Cl4NO3/c1-15(28-31-23(2,3)4)17-7-5-16(6-8-17)9-11-30-22-19(24)13-18(14-20(22)25)29-12-10-21(26)27/h5-8,10,13-14H,9,11-12H2,1-4H3. The maximum absolute atomic E-state index is 6.29. The van der Waals surface area contributed by atoms with Gasteiger partial charge in [0.1, 0.15) is 22.4 Å². The molecule has 0 aliphatic carbocycles. The summed E-state index contributed by atoms with van der Waals surface area (Å²) in [6.45, 7) is 8.42. The molecule has 2 aromatic carbocycles. The Hall–Kier alpha value is -1.59. The minimum Gasteiger partial charge on any atom is -0.490 e. The summed E-state index contributed by atoms with van der Waals surface area (Å²) >= 11 is 23.7. The van der Waals surface area contributed by atoms with E-state index in [1.807, 2.05) is 52.0 Å². The lowest BCUT2D eigenvalue weighted by atomic mass is 10.1. The highest BCUT2D eigenvalue weighted by Crippen LogP contribution is 2.37. The number of benzene rings is 2. The number of rotatable bonds is 9. The minimum absolute atomic E-state index is 0.130. The highest BCUT2D eigenvalue weighted by Gasteiger charge is 2.12. The van der Waals surface area contributed by atoms with Crippen LogP contribution in [0.1, 0.15) is 38.8 Å². The summed E-state index contributed by atoms with van der Waals surface area (Å²) in [5.74, 6) is 0.914. The number of halogens is 4. The van der Waals surface area contributed by atoms with Crippen molar-refractivity contribution in [2.24, 2.45) is 5.16 Å². The lowest BCUT2D eigenvalue weighted by molar-refractivity contribution is 0.000954. The molecule has 2 rings (SSSR count). The van der Waals surface area contributed by atoms with E-state index < -0.39 is 0 Å². The van der Waals surface area contributed by atoms with Crippen LogP contribution in [0.5, 0.6) is 11.5 Å². The zero-order valence-electron chi connectivity index (χ0n) is 17.8. The molecule has 4 nitrogen and oxygen atoms in total. The molecule has 0 fully saturated rings. The molecule has 0 unspecified atom stereocenters. The van der Waals surface area contributed by atoms with Crippen molar-refractivity contribution in [3.8, 4) is 11.5 Å². The van der Waals surface area contributed by atoms with Gasteiger partial charge in [-0.1, -0.05) is 75.8 Å². The van der Waals surface area contributed by atoms with Gasteiger partial charge in [-0.25, -0.2) is 0 Å². The monoisotopic (exact) mass is 503 g/mol. The molecule has 31 heavy (non-hydrogen) atoms. The molecule has 0 aliphatic heterocycles. The molecule has 168 valence electrons. The molecule has 8 heteroatoms. The predicted octanol–water partition coefficient (Wildman–Crippen LogP) is 7.85. The van der Waals surface area contributed by atoms with Gasteiger partial charge in [0.05, 0.1) is 22.4 Å². The van der Waals surface area contributed by atoms with Crippen LogP contribution in [-0.4, -0.2) is 24.5 Å². The van der Waals surface area contributed by atoms with E-state index >= 15 is 0 Å². The SMILES string of the molecule is CC(=NOC(C)(C)C)c1ccc(CCOc2c(Cl)cc(OCC=C(Cl)Cl)cc2Cl)cc1. The van der Waals surface area contributed by atoms with Crippen molar-refractivity contribution in [2.45, 2.75) is 39.7 Å². The van der Waals surface area contributed by atoms with Crippen LogP contribution in [0.4, 0.5) is 0 Å². The highest BCUT2D eigenvalue weighted by molar-refractivity contribution is 6.55. The third kappa shape index (κ3) is 9.20. The summed E-state index contributed by atoms with van der Waals surface area (Å²) < 4.78 is 11.4. The summed E-state index contributed by atoms with van der Waals surface area (Å²) in [6.07, 6.45) is 2.21. The van der Waals surface area contributed by atoms with Gasteiger partial charge in [0, 0.05) is 18.6 Å². The van der Waals surface area contributed by atoms with E-state index in [0.717, 1.165) is 16.8 Å². The Morgan fingerprint density at radius 2 is 1.61 bits per heavy atom. The minimum atomic E-state index is -0.319. The molecule has 0 aliphatic rings. The van der Waals surface area contributed by atoms with Gasteiger partial charge in [0.25, 0.3) is 0 Å². The molecular formula is C23H25Cl4NO3. The van der Waals surface area contributed by atoms with Crippen molar-refractivity contribution in [3.63, 3.8) is 0 Å². The van der Waals surface area contributed by atoms with E-state index in [9.17, 15) is 0 Å². The van der Waals surface area contributed by atoms with Crippen molar-refractivity contribution < 1.29 is 14.3 Å². The van der Waals surface area contributed by atoms with Crippen LogP contribution in [0.3, 0.4) is 0 Å². The molecule has 0 saturated carbocycles. The van der Waals surface area contributed by atoms with Crippen LogP contribution in [-0.2, 0) is 11.3 Å². The van der Waals surface area contributed by atoms with E-state index in [-0.39, 0.29) is 16.7 Å². The van der Waals surface area contributed by atoms with Crippen LogP contribution >= 0.6 is 46.4 Å². The van der Waals surface area contributed by atoms with Crippen molar-refractivity contribution in [1.82, 2.24) is 0 Å². The predicted molar refractivity (Wildman–Crippen MR) is 130 cm³/mol. The Labute approximate surface area is 203 Å². The first-order chi connectivity index (χ1) is 14.5. The van der Waals surface area contributed by atoms with E-state index in [1.165, 1.54) is 6.08 Å². The molecule has 0 amide bonds. The van der Waals surface area contributed by atoms with Crippen LogP contribution in [0.25, 0.3) is 0 Å². The Morgan fingerprint density at radius 3 is 2.16 bits per heavy atom. The van der Waals surface area contributed by atoms with Gasteiger partial charge in [0.2, 0.25) is 0 Å². The van der Waals surface area contributed by atoms with E-state index in [2.05, 4.69) is 5.16 Å². The fourth-order valence-electron chi connectivity index (χ4n) is 2.40. The molecule has 0 spiro atoms. The maximum Gasteiger partial charge on any atom is 0.156 e. The lowest BCUT2D eigenvalue weighted by Crippen LogP contribution is -2.16. The first-order valence-corrected chi connectivity index (χ1v) is 11.1. The Kier molecular flexibility index (Phi) is 9.83. The molecule has 0 heterocycles. The Morgan fingerprint density at radius 1 is 1.00 bits per heavy atom. The lowest BCUT2D eigenvalue weighted by Gasteiger charge is -2.16. The highest BCUT2D eigenvalue weighted by atomic mass is 35.5. The summed E-state index contributed by atoms with van der Waals surface area (Å²) in [5, 5.41) is 4.92. The van der Waals surface area contributed by atoms with Crippen molar-refractivity contribution >= 4 is 52.1 Å². The number of oxime groups is 1. The normalized spacial score (nSPS) is 11.8. The van der Waals surface area contributed by atoms with Crippen LogP contribution < -0.4 is 9.47 Å². The van der Waals surface area contributed by atoms with E-state index in [1.54, 1.807) is 12.1 Å². The summed E-state index contributed by atoms with van der Waals surface area (Å²) in [6, 6.07) is 11.3. The first-order valence-electron chi connectivity index (χ1n) is 9.63. The second-order valence-electron chi connectivity index (χ2n) is 7.70. The second kappa shape index (κ2) is 11.9. The number of ether oxygens (including phenoxy) is 2. The van der Waals surface area contributed by atoms with E-state index in [0.29, 0.717) is 34.6 Å². The summed E-state index contributed by atoms with van der Waals surface area (Å²) in [5.41, 5.74) is 2.62. The fourth-order valence-corrected chi connectivity index (χ4v) is 3.10. The van der Waals surface area contributed by atoms with Crippen molar-refractivity contribution in [2.75, 3.05) is 13.2 Å². The third-order valence-corrected chi connectivity index (χ3v) is 4.79. The van der Waals surface area contributed by atoms with Crippen LogP contribution in [0.2, 0.25) is 10.0 Å². The topological polar surface area (TPSA) is 40.0 Å².